The summed E-state index contributed by atoms with van der Waals surface area (Å²) >= 11 is 6.14. The number of nitrogens with zero attached hydrogens (tertiary/aromatic N) is 2. The highest BCUT2D eigenvalue weighted by Crippen LogP contribution is 2.22. The van der Waals surface area contributed by atoms with Crippen molar-refractivity contribution in [3.05, 3.63) is 69.1 Å². The van der Waals surface area contributed by atoms with E-state index in [9.17, 15) is 9.59 Å². The Hall–Kier alpha value is -2.66. The minimum Gasteiger partial charge on any atom is -0.478 e. The molecule has 22 heavy (non-hydrogen) atoms. The van der Waals surface area contributed by atoms with Gasteiger partial charge in [-0.3, -0.25) is 4.79 Å². The minimum atomic E-state index is -1.02. The van der Waals surface area contributed by atoms with Gasteiger partial charge in [-0.2, -0.15) is 9.78 Å². The fourth-order valence-electron chi connectivity index (χ4n) is 2.32. The molecule has 1 heterocycles. The van der Waals surface area contributed by atoms with E-state index in [0.717, 1.165) is 0 Å². The van der Waals surface area contributed by atoms with Crippen LogP contribution in [-0.2, 0) is 0 Å². The van der Waals surface area contributed by atoms with Gasteiger partial charge in [-0.25, -0.2) is 4.79 Å². The maximum absolute atomic E-state index is 12.6. The molecule has 0 aliphatic heterocycles. The molecule has 0 aliphatic carbocycles. The predicted octanol–water partition coefficient (Wildman–Crippen LogP) is 3.05. The lowest BCUT2D eigenvalue weighted by atomic mass is 10.1. The fourth-order valence-corrected chi connectivity index (χ4v) is 2.57. The maximum atomic E-state index is 12.6. The number of fused-ring (bicyclic) bond motifs is 1. The molecule has 2 aromatic carbocycles. The van der Waals surface area contributed by atoms with Gasteiger partial charge in [-0.05, 0) is 37.3 Å². The third-order valence-electron chi connectivity index (χ3n) is 3.42. The number of hydrogen-bond acceptors (Lipinski definition) is 3. The first-order valence-electron chi connectivity index (χ1n) is 6.51. The smallest absolute Gasteiger partial charge is 0.335 e. The SMILES string of the molecule is Cc1nn(-c2ccc(C(=O)O)cc2)c(=O)c2c(Cl)cccc12. The number of aryl methyl sites for hydroxylation is 1. The largest absolute Gasteiger partial charge is 0.478 e. The Kier molecular flexibility index (Phi) is 3.42. The molecule has 110 valence electrons. The van der Waals surface area contributed by atoms with E-state index < -0.39 is 5.97 Å². The molecule has 3 aromatic rings. The number of benzene rings is 2. The van der Waals surface area contributed by atoms with Crippen LogP contribution < -0.4 is 5.56 Å². The molecule has 0 aliphatic rings. The van der Waals surface area contributed by atoms with Gasteiger partial charge in [0.2, 0.25) is 0 Å². The summed E-state index contributed by atoms with van der Waals surface area (Å²) in [6, 6.07) is 11.2. The van der Waals surface area contributed by atoms with Gasteiger partial charge in [0, 0.05) is 5.39 Å². The van der Waals surface area contributed by atoms with Crippen LogP contribution in [0.1, 0.15) is 16.1 Å². The lowest BCUT2D eigenvalue weighted by Gasteiger charge is -2.09. The molecule has 0 saturated heterocycles. The predicted molar refractivity (Wildman–Crippen MR) is 84.0 cm³/mol. The van der Waals surface area contributed by atoms with Crippen molar-refractivity contribution < 1.29 is 9.90 Å². The first-order chi connectivity index (χ1) is 10.5. The fraction of sp³-hybridized carbons (Fsp3) is 0.0625. The monoisotopic (exact) mass is 314 g/mol. The highest BCUT2D eigenvalue weighted by atomic mass is 35.5. The highest BCUT2D eigenvalue weighted by molar-refractivity contribution is 6.35. The summed E-state index contributed by atoms with van der Waals surface area (Å²) < 4.78 is 1.23. The number of halogens is 1. The van der Waals surface area contributed by atoms with E-state index in [0.29, 0.717) is 27.2 Å². The standard InChI is InChI=1S/C16H11ClN2O3/c1-9-12-3-2-4-13(17)14(12)15(20)19(18-9)11-7-5-10(6-8-11)16(21)22/h2-8H,1H3,(H,21,22). The Balaban J connectivity index is 2.28. The summed E-state index contributed by atoms with van der Waals surface area (Å²) in [5.41, 5.74) is 0.959. The van der Waals surface area contributed by atoms with Crippen LogP contribution >= 0.6 is 11.6 Å². The Morgan fingerprint density at radius 3 is 2.50 bits per heavy atom. The van der Waals surface area contributed by atoms with Gasteiger partial charge in [0.1, 0.15) is 0 Å². The molecule has 0 fully saturated rings. The zero-order valence-electron chi connectivity index (χ0n) is 11.6. The zero-order valence-corrected chi connectivity index (χ0v) is 12.3. The molecule has 1 aromatic heterocycles. The normalized spacial score (nSPS) is 10.8. The number of aromatic nitrogens is 2. The van der Waals surface area contributed by atoms with Crippen LogP contribution in [0.3, 0.4) is 0 Å². The van der Waals surface area contributed by atoms with Crippen molar-refractivity contribution in [1.82, 2.24) is 9.78 Å². The van der Waals surface area contributed by atoms with Crippen molar-refractivity contribution >= 4 is 28.3 Å². The van der Waals surface area contributed by atoms with Crippen molar-refractivity contribution in [1.29, 1.82) is 0 Å². The van der Waals surface area contributed by atoms with Gasteiger partial charge >= 0.3 is 5.97 Å². The van der Waals surface area contributed by atoms with E-state index in [1.807, 2.05) is 0 Å². The Morgan fingerprint density at radius 1 is 1.18 bits per heavy atom. The zero-order chi connectivity index (χ0) is 15.9. The van der Waals surface area contributed by atoms with Crippen molar-refractivity contribution in [2.75, 3.05) is 0 Å². The van der Waals surface area contributed by atoms with Gasteiger partial charge < -0.3 is 5.11 Å². The molecule has 0 unspecified atom stereocenters. The summed E-state index contributed by atoms with van der Waals surface area (Å²) in [4.78, 5) is 23.5. The topological polar surface area (TPSA) is 72.2 Å². The van der Waals surface area contributed by atoms with Crippen LogP contribution in [0.2, 0.25) is 5.02 Å². The summed E-state index contributed by atoms with van der Waals surface area (Å²) in [5, 5.41) is 14.7. The maximum Gasteiger partial charge on any atom is 0.335 e. The Bertz CT molecular complexity index is 946. The quantitative estimate of drug-likeness (QED) is 0.789. The first-order valence-corrected chi connectivity index (χ1v) is 6.89. The molecule has 0 atom stereocenters. The van der Waals surface area contributed by atoms with E-state index in [4.69, 9.17) is 16.7 Å². The van der Waals surface area contributed by atoms with Crippen LogP contribution in [0.5, 0.6) is 0 Å². The van der Waals surface area contributed by atoms with Gasteiger partial charge in [0.05, 0.1) is 27.4 Å². The lowest BCUT2D eigenvalue weighted by molar-refractivity contribution is 0.0697. The van der Waals surface area contributed by atoms with Crippen molar-refractivity contribution in [2.24, 2.45) is 0 Å². The number of carboxylic acids is 1. The molecule has 0 radical (unpaired) electrons. The summed E-state index contributed by atoms with van der Waals surface area (Å²) in [7, 11) is 0. The van der Waals surface area contributed by atoms with Crippen molar-refractivity contribution in [3.8, 4) is 5.69 Å². The second-order valence-electron chi connectivity index (χ2n) is 4.82. The molecule has 5 nitrogen and oxygen atoms in total. The van der Waals surface area contributed by atoms with Gasteiger partial charge in [-0.1, -0.05) is 23.7 Å². The number of hydrogen-bond donors (Lipinski definition) is 1. The lowest BCUT2D eigenvalue weighted by Crippen LogP contribution is -2.22. The van der Waals surface area contributed by atoms with Crippen LogP contribution in [0.4, 0.5) is 0 Å². The molecule has 3 rings (SSSR count). The van der Waals surface area contributed by atoms with E-state index >= 15 is 0 Å². The second-order valence-corrected chi connectivity index (χ2v) is 5.22. The van der Waals surface area contributed by atoms with Gasteiger partial charge in [-0.15, -0.1) is 0 Å². The third-order valence-corrected chi connectivity index (χ3v) is 3.73. The van der Waals surface area contributed by atoms with Crippen LogP contribution in [0, 0.1) is 6.92 Å². The second kappa shape index (κ2) is 5.27. The van der Waals surface area contributed by atoms with E-state index in [1.165, 1.54) is 16.8 Å². The highest BCUT2D eigenvalue weighted by Gasteiger charge is 2.12. The van der Waals surface area contributed by atoms with E-state index in [2.05, 4.69) is 5.10 Å². The molecule has 0 spiro atoms. The average molecular weight is 315 g/mol. The number of carboxylic acid groups (broad SMARTS) is 1. The Labute approximate surface area is 130 Å². The molecular formula is C16H11ClN2O3. The molecule has 6 heteroatoms. The minimum absolute atomic E-state index is 0.146. The molecule has 0 bridgehead atoms. The number of carbonyl (C=O) groups is 1. The number of rotatable bonds is 2. The van der Waals surface area contributed by atoms with Crippen LogP contribution in [0.25, 0.3) is 16.5 Å². The summed E-state index contributed by atoms with van der Waals surface area (Å²) in [6.45, 7) is 1.79. The summed E-state index contributed by atoms with van der Waals surface area (Å²) in [6.07, 6.45) is 0. The third kappa shape index (κ3) is 2.25. The van der Waals surface area contributed by atoms with Crippen molar-refractivity contribution in [3.63, 3.8) is 0 Å². The van der Waals surface area contributed by atoms with Crippen LogP contribution in [-0.4, -0.2) is 20.9 Å². The van der Waals surface area contributed by atoms with Gasteiger partial charge in [0.25, 0.3) is 5.56 Å². The molecular weight excluding hydrogens is 304 g/mol. The van der Waals surface area contributed by atoms with Crippen molar-refractivity contribution in [2.45, 2.75) is 6.92 Å². The Morgan fingerprint density at radius 2 is 1.86 bits per heavy atom. The molecule has 0 amide bonds. The first kappa shape index (κ1) is 14.3. The average Bonchev–Trinajstić information content (AvgIpc) is 2.51. The molecule has 1 N–H and O–H groups in total. The van der Waals surface area contributed by atoms with E-state index in [-0.39, 0.29) is 11.1 Å². The molecule has 0 saturated carbocycles. The van der Waals surface area contributed by atoms with E-state index in [1.54, 1.807) is 37.3 Å². The van der Waals surface area contributed by atoms with Gasteiger partial charge in [0.15, 0.2) is 0 Å². The van der Waals surface area contributed by atoms with Crippen LogP contribution in [0.15, 0.2) is 47.3 Å². The summed E-state index contributed by atoms with van der Waals surface area (Å²) in [5.74, 6) is -1.02. The number of aromatic carboxylic acids is 1.